The molecule has 27 heavy (non-hydrogen) atoms. The molecule has 0 spiro atoms. The molecule has 0 radical (unpaired) electrons. The zero-order chi connectivity index (χ0) is 19.4. The van der Waals surface area contributed by atoms with Crippen LogP contribution in [-0.2, 0) is 16.7 Å². The van der Waals surface area contributed by atoms with E-state index in [9.17, 15) is 8.42 Å². The third-order valence-electron chi connectivity index (χ3n) is 4.44. The van der Waals surface area contributed by atoms with Crippen LogP contribution in [0, 0.1) is 4.84 Å². The standard InChI is InChI=1S/C17H23BrN4O3S2/c1-2-11-27(23,24)20-15-7-9-21(10-8-15)12-22-17(26)25-16(19-22)13-3-5-14(18)6-4-13/h3-6,15,20H,2,7-12H2,1H3. The van der Waals surface area contributed by atoms with E-state index in [0.717, 1.165) is 36.0 Å². The van der Waals surface area contributed by atoms with E-state index in [0.29, 0.717) is 23.8 Å². The Labute approximate surface area is 172 Å². The van der Waals surface area contributed by atoms with Crippen LogP contribution in [0.1, 0.15) is 26.2 Å². The van der Waals surface area contributed by atoms with Gasteiger partial charge in [0, 0.05) is 29.2 Å². The highest BCUT2D eigenvalue weighted by Crippen LogP contribution is 2.21. The molecule has 0 unspecified atom stereocenters. The van der Waals surface area contributed by atoms with Crippen molar-refractivity contribution in [2.45, 2.75) is 38.9 Å². The monoisotopic (exact) mass is 474 g/mol. The van der Waals surface area contributed by atoms with Crippen LogP contribution < -0.4 is 4.72 Å². The second kappa shape index (κ2) is 8.95. The fourth-order valence-corrected chi connectivity index (χ4v) is 4.91. The van der Waals surface area contributed by atoms with Gasteiger partial charge in [-0.2, -0.15) is 0 Å². The molecule has 1 N–H and O–H groups in total. The smallest absolute Gasteiger partial charge is 0.288 e. The maximum Gasteiger partial charge on any atom is 0.288 e. The fourth-order valence-electron chi connectivity index (χ4n) is 3.07. The summed E-state index contributed by atoms with van der Waals surface area (Å²) in [5.74, 6) is 0.676. The van der Waals surface area contributed by atoms with Gasteiger partial charge < -0.3 is 4.42 Å². The number of likely N-dealkylation sites (tertiary alicyclic amines) is 1. The van der Waals surface area contributed by atoms with Gasteiger partial charge in [0.05, 0.1) is 12.4 Å². The van der Waals surface area contributed by atoms with Gasteiger partial charge in [-0.25, -0.2) is 17.8 Å². The number of nitrogens with zero attached hydrogens (tertiary/aromatic N) is 3. The molecule has 0 atom stereocenters. The van der Waals surface area contributed by atoms with Crippen molar-refractivity contribution in [3.63, 3.8) is 0 Å². The van der Waals surface area contributed by atoms with Gasteiger partial charge in [0.25, 0.3) is 4.84 Å². The van der Waals surface area contributed by atoms with Crippen molar-refractivity contribution < 1.29 is 12.8 Å². The molecule has 0 saturated carbocycles. The Morgan fingerprint density at radius 3 is 2.59 bits per heavy atom. The molecule has 2 heterocycles. The van der Waals surface area contributed by atoms with Crippen molar-refractivity contribution in [3.05, 3.63) is 33.6 Å². The van der Waals surface area contributed by atoms with Crippen molar-refractivity contribution >= 4 is 38.2 Å². The third kappa shape index (κ3) is 5.71. The van der Waals surface area contributed by atoms with Crippen LogP contribution in [0.4, 0.5) is 0 Å². The number of rotatable bonds is 7. The third-order valence-corrected chi connectivity index (χ3v) is 6.90. The Morgan fingerprint density at radius 1 is 1.30 bits per heavy atom. The van der Waals surface area contributed by atoms with E-state index < -0.39 is 10.0 Å². The zero-order valence-corrected chi connectivity index (χ0v) is 18.3. The largest absolute Gasteiger partial charge is 0.409 e. The van der Waals surface area contributed by atoms with Crippen LogP contribution in [0.25, 0.3) is 11.5 Å². The van der Waals surface area contributed by atoms with Gasteiger partial charge in [-0.1, -0.05) is 22.9 Å². The molecule has 1 aliphatic heterocycles. The molecule has 0 amide bonds. The van der Waals surface area contributed by atoms with Crippen LogP contribution in [0.15, 0.2) is 33.2 Å². The van der Waals surface area contributed by atoms with Gasteiger partial charge in [-0.15, -0.1) is 5.10 Å². The van der Waals surface area contributed by atoms with E-state index in [2.05, 4.69) is 30.7 Å². The fraction of sp³-hybridized carbons (Fsp3) is 0.529. The first-order valence-electron chi connectivity index (χ1n) is 8.92. The lowest BCUT2D eigenvalue weighted by Crippen LogP contribution is -2.45. The Hall–Kier alpha value is -1.07. The van der Waals surface area contributed by atoms with Crippen molar-refractivity contribution in [3.8, 4) is 11.5 Å². The minimum absolute atomic E-state index is 0.00130. The summed E-state index contributed by atoms with van der Waals surface area (Å²) in [6, 6.07) is 7.70. The van der Waals surface area contributed by atoms with E-state index in [1.165, 1.54) is 0 Å². The summed E-state index contributed by atoms with van der Waals surface area (Å²) in [6.45, 7) is 3.96. The quantitative estimate of drug-likeness (QED) is 0.619. The Bertz CT molecular complexity index is 916. The molecule has 1 aliphatic rings. The van der Waals surface area contributed by atoms with Gasteiger partial charge in [-0.3, -0.25) is 4.90 Å². The second-order valence-corrected chi connectivity index (χ2v) is 9.79. The minimum atomic E-state index is -3.17. The number of halogens is 1. The molecule has 148 valence electrons. The van der Waals surface area contributed by atoms with Crippen LogP contribution in [0.2, 0.25) is 0 Å². The lowest BCUT2D eigenvalue weighted by Gasteiger charge is -2.31. The van der Waals surface area contributed by atoms with Crippen LogP contribution in [0.5, 0.6) is 0 Å². The number of hydrogen-bond acceptors (Lipinski definition) is 6. The summed E-state index contributed by atoms with van der Waals surface area (Å²) in [5.41, 5.74) is 0.868. The van der Waals surface area contributed by atoms with Crippen molar-refractivity contribution in [1.82, 2.24) is 19.4 Å². The highest BCUT2D eigenvalue weighted by Gasteiger charge is 2.23. The van der Waals surface area contributed by atoms with E-state index in [4.69, 9.17) is 16.6 Å². The zero-order valence-electron chi connectivity index (χ0n) is 15.1. The molecular formula is C17H23BrN4O3S2. The predicted molar refractivity (Wildman–Crippen MR) is 110 cm³/mol. The molecule has 0 aliphatic carbocycles. The Morgan fingerprint density at radius 2 is 1.96 bits per heavy atom. The Kier molecular flexibility index (Phi) is 6.85. The molecule has 0 bridgehead atoms. The minimum Gasteiger partial charge on any atom is -0.409 e. The van der Waals surface area contributed by atoms with E-state index >= 15 is 0 Å². The number of piperidine rings is 1. The first kappa shape index (κ1) is 20.7. The maximum atomic E-state index is 11.9. The number of hydrogen-bond donors (Lipinski definition) is 1. The van der Waals surface area contributed by atoms with Crippen molar-refractivity contribution in [1.29, 1.82) is 0 Å². The average molecular weight is 475 g/mol. The summed E-state index contributed by atoms with van der Waals surface area (Å²) in [5, 5.41) is 4.48. The van der Waals surface area contributed by atoms with E-state index in [1.807, 2.05) is 31.2 Å². The van der Waals surface area contributed by atoms with Crippen molar-refractivity contribution in [2.75, 3.05) is 18.8 Å². The lowest BCUT2D eigenvalue weighted by atomic mass is 10.1. The summed E-state index contributed by atoms with van der Waals surface area (Å²) >= 11 is 8.71. The van der Waals surface area contributed by atoms with Crippen LogP contribution >= 0.6 is 28.1 Å². The summed E-state index contributed by atoms with van der Waals surface area (Å²) in [7, 11) is -3.17. The van der Waals surface area contributed by atoms with Crippen LogP contribution in [-0.4, -0.2) is 48.0 Å². The first-order chi connectivity index (χ1) is 12.9. The topological polar surface area (TPSA) is 80.4 Å². The maximum absolute atomic E-state index is 11.9. The number of aromatic nitrogens is 2. The van der Waals surface area contributed by atoms with Gasteiger partial charge in [0.1, 0.15) is 0 Å². The Balaban J connectivity index is 1.58. The molecule has 1 fully saturated rings. The molecule has 7 nitrogen and oxygen atoms in total. The van der Waals surface area contributed by atoms with E-state index in [1.54, 1.807) is 4.68 Å². The highest BCUT2D eigenvalue weighted by molar-refractivity contribution is 9.10. The van der Waals surface area contributed by atoms with Gasteiger partial charge in [0.15, 0.2) is 0 Å². The average Bonchev–Trinajstić information content (AvgIpc) is 2.97. The van der Waals surface area contributed by atoms with E-state index in [-0.39, 0.29) is 11.8 Å². The molecule has 1 aromatic carbocycles. The molecule has 1 aromatic heterocycles. The SMILES string of the molecule is CCCS(=O)(=O)NC1CCN(Cn2nc(-c3ccc(Br)cc3)oc2=S)CC1. The molecule has 1 saturated heterocycles. The molecule has 3 rings (SSSR count). The molecule has 10 heteroatoms. The summed E-state index contributed by atoms with van der Waals surface area (Å²) < 4.78 is 34.9. The van der Waals surface area contributed by atoms with Crippen molar-refractivity contribution in [2.24, 2.45) is 0 Å². The number of nitrogens with one attached hydrogen (secondary N) is 1. The molecular weight excluding hydrogens is 452 g/mol. The predicted octanol–water partition coefficient (Wildman–Crippen LogP) is 3.39. The second-order valence-electron chi connectivity index (χ2n) is 6.65. The number of sulfonamides is 1. The van der Waals surface area contributed by atoms with Gasteiger partial charge in [-0.05, 0) is 55.7 Å². The summed E-state index contributed by atoms with van der Waals surface area (Å²) in [4.78, 5) is 2.53. The summed E-state index contributed by atoms with van der Waals surface area (Å²) in [6.07, 6.45) is 2.17. The lowest BCUT2D eigenvalue weighted by molar-refractivity contribution is 0.156. The van der Waals surface area contributed by atoms with Gasteiger partial charge in [0.2, 0.25) is 15.9 Å². The van der Waals surface area contributed by atoms with Crippen LogP contribution in [0.3, 0.4) is 0 Å². The first-order valence-corrected chi connectivity index (χ1v) is 11.8. The number of benzene rings is 1. The normalized spacial score (nSPS) is 16.7. The van der Waals surface area contributed by atoms with Gasteiger partial charge >= 0.3 is 0 Å². The molecule has 2 aromatic rings. The highest BCUT2D eigenvalue weighted by atomic mass is 79.9.